The molecule has 142 valence electrons. The molecule has 0 radical (unpaired) electrons. The smallest absolute Gasteiger partial charge is 0.255 e. The van der Waals surface area contributed by atoms with Gasteiger partial charge in [0, 0.05) is 36.1 Å². The molecule has 0 saturated carbocycles. The fourth-order valence-corrected chi connectivity index (χ4v) is 3.53. The van der Waals surface area contributed by atoms with Crippen LogP contribution in [0.25, 0.3) is 0 Å². The summed E-state index contributed by atoms with van der Waals surface area (Å²) < 4.78 is 26.3. The fraction of sp³-hybridized carbons (Fsp3) is 0.174. The third-order valence-corrected chi connectivity index (χ3v) is 4.97. The minimum atomic E-state index is -0.991. The van der Waals surface area contributed by atoms with Gasteiger partial charge in [-0.2, -0.15) is 0 Å². The van der Waals surface area contributed by atoms with E-state index in [9.17, 15) is 13.6 Å². The van der Waals surface area contributed by atoms with E-state index >= 15 is 0 Å². The molecule has 0 unspecified atom stereocenters. The molecule has 0 atom stereocenters. The van der Waals surface area contributed by atoms with Crippen LogP contribution in [0.5, 0.6) is 0 Å². The Balaban J connectivity index is 1.44. The maximum atomic E-state index is 13.3. The Labute approximate surface area is 162 Å². The highest BCUT2D eigenvalue weighted by atomic mass is 19.2. The average Bonchev–Trinajstić information content (AvgIpc) is 2.71. The van der Waals surface area contributed by atoms with Gasteiger partial charge in [0.05, 0.1) is 0 Å². The summed E-state index contributed by atoms with van der Waals surface area (Å²) in [7, 11) is 0. The Hall–Kier alpha value is -3.21. The van der Waals surface area contributed by atoms with Crippen molar-refractivity contribution in [3.8, 4) is 0 Å². The number of fused-ring (bicyclic) bond motifs is 1. The summed E-state index contributed by atoms with van der Waals surface area (Å²) in [4.78, 5) is 14.7. The van der Waals surface area contributed by atoms with Gasteiger partial charge < -0.3 is 10.2 Å². The lowest BCUT2D eigenvalue weighted by molar-refractivity contribution is 0.102. The van der Waals surface area contributed by atoms with E-state index in [4.69, 9.17) is 0 Å². The predicted octanol–water partition coefficient (Wildman–Crippen LogP) is 5.17. The molecule has 0 bridgehead atoms. The number of carbonyl (C=O) groups excluding carboxylic acids is 1. The lowest BCUT2D eigenvalue weighted by atomic mass is 10.0. The van der Waals surface area contributed by atoms with E-state index in [1.165, 1.54) is 17.3 Å². The molecule has 0 saturated heterocycles. The minimum absolute atomic E-state index is 0.220. The number of aryl methyl sites for hydroxylation is 1. The summed E-state index contributed by atoms with van der Waals surface area (Å²) in [6.07, 6.45) is 2.24. The van der Waals surface area contributed by atoms with Gasteiger partial charge in [-0.25, -0.2) is 8.78 Å². The van der Waals surface area contributed by atoms with Gasteiger partial charge in [0.2, 0.25) is 0 Å². The number of benzene rings is 3. The summed E-state index contributed by atoms with van der Waals surface area (Å²) in [5.41, 5.74) is 4.44. The van der Waals surface area contributed by atoms with E-state index in [1.54, 1.807) is 12.1 Å². The number of amides is 1. The van der Waals surface area contributed by atoms with Crippen LogP contribution >= 0.6 is 0 Å². The third kappa shape index (κ3) is 3.88. The average molecular weight is 378 g/mol. The van der Waals surface area contributed by atoms with Crippen molar-refractivity contribution >= 4 is 17.3 Å². The van der Waals surface area contributed by atoms with Crippen LogP contribution in [0, 0.1) is 11.6 Å². The van der Waals surface area contributed by atoms with Crippen molar-refractivity contribution in [2.75, 3.05) is 16.8 Å². The number of anilines is 2. The molecule has 3 nitrogen and oxygen atoms in total. The van der Waals surface area contributed by atoms with Crippen molar-refractivity contribution in [1.29, 1.82) is 0 Å². The zero-order chi connectivity index (χ0) is 19.5. The van der Waals surface area contributed by atoms with Crippen molar-refractivity contribution in [1.82, 2.24) is 0 Å². The first-order chi connectivity index (χ1) is 13.6. The monoisotopic (exact) mass is 378 g/mol. The minimum Gasteiger partial charge on any atom is -0.367 e. The highest BCUT2D eigenvalue weighted by Gasteiger charge is 2.16. The lowest BCUT2D eigenvalue weighted by Gasteiger charge is -2.31. The van der Waals surface area contributed by atoms with Gasteiger partial charge in [-0.3, -0.25) is 4.79 Å². The molecule has 1 aliphatic rings. The molecule has 0 aliphatic carbocycles. The SMILES string of the molecule is O=C(Nc1ccc(F)c(F)c1)c1ccc(CN2CCCc3ccccc32)cc1. The molecular formula is C23H20F2N2O. The summed E-state index contributed by atoms with van der Waals surface area (Å²) in [5.74, 6) is -2.29. The number of nitrogens with zero attached hydrogens (tertiary/aromatic N) is 1. The number of para-hydroxylation sites is 1. The van der Waals surface area contributed by atoms with Gasteiger partial charge in [0.25, 0.3) is 5.91 Å². The summed E-state index contributed by atoms with van der Waals surface area (Å²) in [6.45, 7) is 1.79. The molecule has 28 heavy (non-hydrogen) atoms. The molecule has 4 rings (SSSR count). The van der Waals surface area contributed by atoms with Crippen LogP contribution in [0.2, 0.25) is 0 Å². The molecular weight excluding hydrogens is 358 g/mol. The highest BCUT2D eigenvalue weighted by molar-refractivity contribution is 6.04. The van der Waals surface area contributed by atoms with Crippen molar-refractivity contribution in [2.45, 2.75) is 19.4 Å². The molecule has 0 fully saturated rings. The number of nitrogens with one attached hydrogen (secondary N) is 1. The Kier molecular flexibility index (Phi) is 5.06. The second-order valence-electron chi connectivity index (χ2n) is 6.93. The van der Waals surface area contributed by atoms with E-state index < -0.39 is 11.6 Å². The first-order valence-electron chi connectivity index (χ1n) is 9.28. The number of rotatable bonds is 4. The van der Waals surface area contributed by atoms with Gasteiger partial charge in [-0.15, -0.1) is 0 Å². The standard InChI is InChI=1S/C23H20F2N2O/c24-20-12-11-19(14-21(20)25)26-23(28)18-9-7-16(8-10-18)15-27-13-3-5-17-4-1-2-6-22(17)27/h1-2,4,6-12,14H,3,5,13,15H2,(H,26,28). The summed E-state index contributed by atoms with van der Waals surface area (Å²) >= 11 is 0. The first kappa shape index (κ1) is 18.2. The highest BCUT2D eigenvalue weighted by Crippen LogP contribution is 2.28. The third-order valence-electron chi connectivity index (χ3n) is 4.97. The molecule has 1 amide bonds. The number of hydrogen-bond acceptors (Lipinski definition) is 2. The van der Waals surface area contributed by atoms with Crippen molar-refractivity contribution in [2.24, 2.45) is 0 Å². The van der Waals surface area contributed by atoms with E-state index in [0.29, 0.717) is 5.56 Å². The Morgan fingerprint density at radius 3 is 2.54 bits per heavy atom. The van der Waals surface area contributed by atoms with Gasteiger partial charge >= 0.3 is 0 Å². The summed E-state index contributed by atoms with van der Waals surface area (Å²) in [5, 5.41) is 2.58. The molecule has 1 heterocycles. The molecule has 0 aromatic heterocycles. The van der Waals surface area contributed by atoms with E-state index in [-0.39, 0.29) is 11.6 Å². The molecule has 1 aliphatic heterocycles. The normalized spacial score (nSPS) is 13.1. The van der Waals surface area contributed by atoms with E-state index in [2.05, 4.69) is 34.5 Å². The van der Waals surface area contributed by atoms with Crippen LogP contribution in [0.4, 0.5) is 20.2 Å². The van der Waals surface area contributed by atoms with Crippen LogP contribution < -0.4 is 10.2 Å². The van der Waals surface area contributed by atoms with Crippen LogP contribution in [0.15, 0.2) is 66.7 Å². The largest absolute Gasteiger partial charge is 0.367 e. The van der Waals surface area contributed by atoms with Crippen molar-refractivity contribution in [3.63, 3.8) is 0 Å². The lowest BCUT2D eigenvalue weighted by Crippen LogP contribution is -2.28. The Morgan fingerprint density at radius 1 is 0.964 bits per heavy atom. The molecule has 3 aromatic carbocycles. The number of halogens is 2. The zero-order valence-electron chi connectivity index (χ0n) is 15.3. The molecule has 3 aromatic rings. The van der Waals surface area contributed by atoms with Gasteiger partial charge in [0.1, 0.15) is 0 Å². The predicted molar refractivity (Wildman–Crippen MR) is 107 cm³/mol. The molecule has 5 heteroatoms. The number of carbonyl (C=O) groups is 1. The maximum Gasteiger partial charge on any atom is 0.255 e. The fourth-order valence-electron chi connectivity index (χ4n) is 3.53. The van der Waals surface area contributed by atoms with E-state index in [0.717, 1.165) is 43.6 Å². The zero-order valence-corrected chi connectivity index (χ0v) is 15.3. The maximum absolute atomic E-state index is 13.3. The van der Waals surface area contributed by atoms with Crippen LogP contribution in [0.1, 0.15) is 27.9 Å². The number of hydrogen-bond donors (Lipinski definition) is 1. The first-order valence-corrected chi connectivity index (χ1v) is 9.28. The van der Waals surface area contributed by atoms with Gasteiger partial charge in [-0.05, 0) is 54.3 Å². The van der Waals surface area contributed by atoms with Gasteiger partial charge in [-0.1, -0.05) is 30.3 Å². The Morgan fingerprint density at radius 2 is 1.75 bits per heavy atom. The van der Waals surface area contributed by atoms with Crippen LogP contribution in [0.3, 0.4) is 0 Å². The van der Waals surface area contributed by atoms with Crippen molar-refractivity contribution < 1.29 is 13.6 Å². The van der Waals surface area contributed by atoms with E-state index in [1.807, 2.05) is 12.1 Å². The van der Waals surface area contributed by atoms with Crippen LogP contribution in [-0.2, 0) is 13.0 Å². The second-order valence-corrected chi connectivity index (χ2v) is 6.93. The molecule has 0 spiro atoms. The Bertz CT molecular complexity index is 1000. The summed E-state index contributed by atoms with van der Waals surface area (Å²) in [6, 6.07) is 19.1. The quantitative estimate of drug-likeness (QED) is 0.679. The molecule has 1 N–H and O–H groups in total. The topological polar surface area (TPSA) is 32.3 Å². The van der Waals surface area contributed by atoms with Crippen molar-refractivity contribution in [3.05, 3.63) is 95.1 Å². The van der Waals surface area contributed by atoms with Gasteiger partial charge in [0.15, 0.2) is 11.6 Å². The second kappa shape index (κ2) is 7.80. The van der Waals surface area contributed by atoms with Crippen LogP contribution in [-0.4, -0.2) is 12.5 Å².